The summed E-state index contributed by atoms with van der Waals surface area (Å²) in [6.07, 6.45) is -0.785. The predicted molar refractivity (Wildman–Crippen MR) is 105 cm³/mol. The van der Waals surface area contributed by atoms with Crippen molar-refractivity contribution in [3.63, 3.8) is 0 Å². The van der Waals surface area contributed by atoms with E-state index in [0.717, 1.165) is 4.90 Å². The minimum absolute atomic E-state index is 0.0645. The van der Waals surface area contributed by atoms with Crippen LogP contribution in [-0.4, -0.2) is 45.1 Å². The maximum absolute atomic E-state index is 13.0. The quantitative estimate of drug-likeness (QED) is 0.706. The van der Waals surface area contributed by atoms with Gasteiger partial charge in [-0.3, -0.25) is 4.79 Å². The summed E-state index contributed by atoms with van der Waals surface area (Å²) in [7, 11) is -3.93. The number of hydrogen-bond acceptors (Lipinski definition) is 6. The minimum atomic E-state index is -3.93. The van der Waals surface area contributed by atoms with E-state index >= 15 is 0 Å². The van der Waals surface area contributed by atoms with E-state index in [2.05, 4.69) is 4.72 Å². The van der Waals surface area contributed by atoms with Gasteiger partial charge in [0.05, 0.1) is 24.1 Å². The highest BCUT2D eigenvalue weighted by atomic mass is 32.2. The Hall–Kier alpha value is -2.91. The molecule has 2 aromatic carbocycles. The molecule has 29 heavy (non-hydrogen) atoms. The summed E-state index contributed by atoms with van der Waals surface area (Å²) >= 11 is 0. The number of hydrogen-bond donors (Lipinski definition) is 1. The highest BCUT2D eigenvalue weighted by Gasteiger charge is 2.34. The molecule has 1 aliphatic heterocycles. The van der Waals surface area contributed by atoms with Gasteiger partial charge in [0.15, 0.2) is 6.61 Å². The van der Waals surface area contributed by atoms with Crippen molar-refractivity contribution in [2.75, 3.05) is 19.8 Å². The number of carbonyl (C=O) groups excluding carboxylic acids is 2. The van der Waals surface area contributed by atoms with E-state index < -0.39 is 28.1 Å². The maximum Gasteiger partial charge on any atom is 0.417 e. The molecule has 0 saturated carbocycles. The Labute approximate surface area is 169 Å². The molecule has 1 aliphatic rings. The molecular formula is C20H22N2O6S. The number of imide groups is 1. The van der Waals surface area contributed by atoms with Crippen molar-refractivity contribution in [1.29, 1.82) is 0 Å². The number of amides is 2. The molecule has 154 valence electrons. The Bertz CT molecular complexity index is 991. The maximum atomic E-state index is 13.0. The van der Waals surface area contributed by atoms with Crippen molar-refractivity contribution in [2.45, 2.75) is 24.8 Å². The molecule has 0 aromatic heterocycles. The van der Waals surface area contributed by atoms with E-state index in [1.165, 1.54) is 12.1 Å². The van der Waals surface area contributed by atoms with Gasteiger partial charge < -0.3 is 9.47 Å². The number of carbonyl (C=O) groups is 2. The summed E-state index contributed by atoms with van der Waals surface area (Å²) in [6, 6.07) is 12.5. The van der Waals surface area contributed by atoms with Crippen LogP contribution in [0.1, 0.15) is 24.1 Å². The Morgan fingerprint density at radius 3 is 2.48 bits per heavy atom. The van der Waals surface area contributed by atoms with Gasteiger partial charge >= 0.3 is 6.09 Å². The molecule has 0 radical (unpaired) electrons. The van der Waals surface area contributed by atoms with E-state index in [4.69, 9.17) is 9.47 Å². The first-order chi connectivity index (χ1) is 13.8. The van der Waals surface area contributed by atoms with Crippen LogP contribution in [0.3, 0.4) is 0 Å². The Balaban J connectivity index is 1.89. The first-order valence-electron chi connectivity index (χ1n) is 9.09. The number of rotatable bonds is 8. The molecular weight excluding hydrogens is 396 g/mol. The standard InChI is InChI=1S/C20H22N2O6S/c1-3-27-18-10-9-16(11-14(18)2)29(25,26)21-17(15-7-5-4-6-8-15)12-22-19(23)13-28-20(22)24/h4-11,17,21H,3,12-13H2,1-2H3. The van der Waals surface area contributed by atoms with E-state index in [-0.39, 0.29) is 18.0 Å². The van der Waals surface area contributed by atoms with Crippen LogP contribution in [-0.2, 0) is 19.6 Å². The summed E-state index contributed by atoms with van der Waals surface area (Å²) in [5, 5.41) is 0. The summed E-state index contributed by atoms with van der Waals surface area (Å²) in [5.41, 5.74) is 1.30. The second-order valence-electron chi connectivity index (χ2n) is 6.50. The molecule has 3 rings (SSSR count). The van der Waals surface area contributed by atoms with Crippen molar-refractivity contribution in [1.82, 2.24) is 9.62 Å². The zero-order valence-corrected chi connectivity index (χ0v) is 16.9. The van der Waals surface area contributed by atoms with Gasteiger partial charge in [0, 0.05) is 0 Å². The van der Waals surface area contributed by atoms with Gasteiger partial charge in [-0.05, 0) is 43.2 Å². The fourth-order valence-electron chi connectivity index (χ4n) is 3.00. The van der Waals surface area contributed by atoms with Crippen LogP contribution in [0.5, 0.6) is 5.75 Å². The van der Waals surface area contributed by atoms with Crippen molar-refractivity contribution >= 4 is 22.0 Å². The average molecular weight is 418 g/mol. The molecule has 1 N–H and O–H groups in total. The lowest BCUT2D eigenvalue weighted by atomic mass is 10.1. The van der Waals surface area contributed by atoms with Crippen LogP contribution in [0.25, 0.3) is 0 Å². The van der Waals surface area contributed by atoms with Gasteiger partial charge in [0.1, 0.15) is 5.75 Å². The van der Waals surface area contributed by atoms with Crippen molar-refractivity contribution in [2.24, 2.45) is 0 Å². The fourth-order valence-corrected chi connectivity index (χ4v) is 4.30. The molecule has 0 spiro atoms. The molecule has 0 bridgehead atoms. The fraction of sp³-hybridized carbons (Fsp3) is 0.300. The molecule has 9 heteroatoms. The van der Waals surface area contributed by atoms with Gasteiger partial charge in [-0.15, -0.1) is 0 Å². The molecule has 1 saturated heterocycles. The highest BCUT2D eigenvalue weighted by Crippen LogP contribution is 2.24. The smallest absolute Gasteiger partial charge is 0.417 e. The molecule has 2 amide bonds. The lowest BCUT2D eigenvalue weighted by Gasteiger charge is -2.23. The van der Waals surface area contributed by atoms with Crippen molar-refractivity contribution < 1.29 is 27.5 Å². The zero-order valence-electron chi connectivity index (χ0n) is 16.1. The molecule has 1 unspecified atom stereocenters. The van der Waals surface area contributed by atoms with Crippen LogP contribution in [0.4, 0.5) is 4.79 Å². The van der Waals surface area contributed by atoms with Crippen molar-refractivity contribution in [3.05, 3.63) is 59.7 Å². The van der Waals surface area contributed by atoms with Crippen LogP contribution in [0.2, 0.25) is 0 Å². The second-order valence-corrected chi connectivity index (χ2v) is 8.22. The zero-order chi connectivity index (χ0) is 21.0. The minimum Gasteiger partial charge on any atom is -0.494 e. The topological polar surface area (TPSA) is 102 Å². The van der Waals surface area contributed by atoms with Crippen molar-refractivity contribution in [3.8, 4) is 5.75 Å². The van der Waals surface area contributed by atoms with Crippen LogP contribution in [0.15, 0.2) is 53.4 Å². The molecule has 1 heterocycles. The van der Waals surface area contributed by atoms with Gasteiger partial charge in [0.25, 0.3) is 5.91 Å². The second kappa shape index (κ2) is 8.62. The number of nitrogens with zero attached hydrogens (tertiary/aromatic N) is 1. The number of ether oxygens (including phenoxy) is 2. The number of nitrogens with one attached hydrogen (secondary N) is 1. The van der Waals surface area contributed by atoms with Gasteiger partial charge in [-0.25, -0.2) is 22.8 Å². The first kappa shape index (κ1) is 20.8. The Morgan fingerprint density at radius 1 is 1.17 bits per heavy atom. The molecule has 0 aliphatic carbocycles. The lowest BCUT2D eigenvalue weighted by molar-refractivity contribution is -0.126. The lowest BCUT2D eigenvalue weighted by Crippen LogP contribution is -2.40. The van der Waals surface area contributed by atoms with Crippen LogP contribution < -0.4 is 9.46 Å². The molecule has 1 fully saturated rings. The predicted octanol–water partition coefficient (Wildman–Crippen LogP) is 2.39. The van der Waals surface area contributed by atoms with E-state index in [1.807, 2.05) is 6.92 Å². The summed E-state index contributed by atoms with van der Waals surface area (Å²) in [5.74, 6) is 0.100. The average Bonchev–Trinajstić information content (AvgIpc) is 3.01. The van der Waals surface area contributed by atoms with E-state index in [0.29, 0.717) is 23.5 Å². The molecule has 8 nitrogen and oxygen atoms in total. The number of benzene rings is 2. The Morgan fingerprint density at radius 2 is 1.90 bits per heavy atom. The van der Waals surface area contributed by atoms with Crippen LogP contribution in [0, 0.1) is 6.92 Å². The van der Waals surface area contributed by atoms with Gasteiger partial charge in [0.2, 0.25) is 10.0 Å². The molecule has 2 aromatic rings. The third-order valence-corrected chi connectivity index (χ3v) is 5.93. The Kier molecular flexibility index (Phi) is 6.19. The normalized spacial score (nSPS) is 15.3. The SMILES string of the molecule is CCOc1ccc(S(=O)(=O)NC(CN2C(=O)COC2=O)c2ccccc2)cc1C. The number of cyclic esters (lactones) is 1. The summed E-state index contributed by atoms with van der Waals surface area (Å²) in [6.45, 7) is 3.57. The van der Waals surface area contributed by atoms with Gasteiger partial charge in [-0.2, -0.15) is 0 Å². The van der Waals surface area contributed by atoms with Gasteiger partial charge in [-0.1, -0.05) is 30.3 Å². The van der Waals surface area contributed by atoms with Crippen LogP contribution >= 0.6 is 0 Å². The summed E-state index contributed by atoms with van der Waals surface area (Å²) in [4.78, 5) is 24.7. The summed E-state index contributed by atoms with van der Waals surface area (Å²) < 4.78 is 38.8. The van der Waals surface area contributed by atoms with E-state index in [1.54, 1.807) is 43.3 Å². The number of sulfonamides is 1. The monoisotopic (exact) mass is 418 g/mol. The largest absolute Gasteiger partial charge is 0.494 e. The first-order valence-corrected chi connectivity index (χ1v) is 10.6. The third-order valence-electron chi connectivity index (χ3n) is 4.46. The number of aryl methyl sites for hydroxylation is 1. The van der Waals surface area contributed by atoms with E-state index in [9.17, 15) is 18.0 Å². The third kappa shape index (κ3) is 4.75. The highest BCUT2D eigenvalue weighted by molar-refractivity contribution is 7.89. The molecule has 1 atom stereocenters.